The zero-order valence-corrected chi connectivity index (χ0v) is 12.0. The standard InChI is InChI=1S/C18H21NO/c1-14-5-2-3-6-16(14)12-19-10-4-7-15-11-18(20)9-8-17(15)13-19/h2-3,5-6,8-9,11,20H,4,7,10,12-13H2,1H3. The highest BCUT2D eigenvalue weighted by atomic mass is 16.3. The fourth-order valence-electron chi connectivity index (χ4n) is 2.98. The van der Waals surface area contributed by atoms with E-state index >= 15 is 0 Å². The Labute approximate surface area is 120 Å². The van der Waals surface area contributed by atoms with Crippen molar-refractivity contribution in [3.63, 3.8) is 0 Å². The van der Waals surface area contributed by atoms with E-state index in [9.17, 15) is 5.11 Å². The van der Waals surface area contributed by atoms with Crippen LogP contribution < -0.4 is 0 Å². The van der Waals surface area contributed by atoms with Gasteiger partial charge in [0.25, 0.3) is 0 Å². The molecule has 1 N–H and O–H groups in total. The van der Waals surface area contributed by atoms with Crippen LogP contribution in [-0.2, 0) is 19.5 Å². The lowest BCUT2D eigenvalue weighted by atomic mass is 10.0. The molecule has 0 bridgehead atoms. The van der Waals surface area contributed by atoms with Crippen LogP contribution in [0.3, 0.4) is 0 Å². The minimum absolute atomic E-state index is 0.385. The molecule has 1 aliphatic heterocycles. The van der Waals surface area contributed by atoms with Gasteiger partial charge in [0.15, 0.2) is 0 Å². The van der Waals surface area contributed by atoms with Crippen LogP contribution in [0.15, 0.2) is 42.5 Å². The summed E-state index contributed by atoms with van der Waals surface area (Å²) in [7, 11) is 0. The lowest BCUT2D eigenvalue weighted by Gasteiger charge is -2.21. The van der Waals surface area contributed by atoms with Gasteiger partial charge >= 0.3 is 0 Å². The quantitative estimate of drug-likeness (QED) is 0.897. The Bertz CT molecular complexity index is 606. The van der Waals surface area contributed by atoms with E-state index in [2.05, 4.69) is 42.2 Å². The number of phenols is 1. The van der Waals surface area contributed by atoms with E-state index < -0.39 is 0 Å². The summed E-state index contributed by atoms with van der Waals surface area (Å²) in [6.07, 6.45) is 2.22. The molecule has 104 valence electrons. The first-order valence-corrected chi connectivity index (χ1v) is 7.30. The number of hydrogen-bond acceptors (Lipinski definition) is 2. The molecule has 3 rings (SSSR count). The molecule has 0 saturated carbocycles. The fraction of sp³-hybridized carbons (Fsp3) is 0.333. The summed E-state index contributed by atoms with van der Waals surface area (Å²) in [5.74, 6) is 0.385. The van der Waals surface area contributed by atoms with Crippen molar-refractivity contribution in [3.05, 3.63) is 64.7 Å². The molecule has 2 nitrogen and oxygen atoms in total. The molecule has 0 aliphatic carbocycles. The summed E-state index contributed by atoms with van der Waals surface area (Å²) < 4.78 is 0. The second kappa shape index (κ2) is 5.68. The summed E-state index contributed by atoms with van der Waals surface area (Å²) >= 11 is 0. The highest BCUT2D eigenvalue weighted by Gasteiger charge is 2.15. The summed E-state index contributed by atoms with van der Waals surface area (Å²) in [6, 6.07) is 14.4. The van der Waals surface area contributed by atoms with Crippen LogP contribution in [0, 0.1) is 6.92 Å². The predicted octanol–water partition coefficient (Wildman–Crippen LogP) is 3.65. The van der Waals surface area contributed by atoms with Gasteiger partial charge in [0.2, 0.25) is 0 Å². The van der Waals surface area contributed by atoms with Crippen LogP contribution in [0.4, 0.5) is 0 Å². The van der Waals surface area contributed by atoms with E-state index in [-0.39, 0.29) is 0 Å². The van der Waals surface area contributed by atoms with E-state index in [1.165, 1.54) is 22.3 Å². The van der Waals surface area contributed by atoms with Gasteiger partial charge in [-0.05, 0) is 60.7 Å². The minimum atomic E-state index is 0.385. The minimum Gasteiger partial charge on any atom is -0.508 e. The molecule has 0 amide bonds. The van der Waals surface area contributed by atoms with Crippen molar-refractivity contribution < 1.29 is 5.11 Å². The van der Waals surface area contributed by atoms with Gasteiger partial charge < -0.3 is 5.11 Å². The molecule has 2 aromatic rings. The van der Waals surface area contributed by atoms with Gasteiger partial charge in [-0.15, -0.1) is 0 Å². The van der Waals surface area contributed by atoms with Crippen molar-refractivity contribution >= 4 is 0 Å². The number of benzene rings is 2. The average molecular weight is 267 g/mol. The Balaban J connectivity index is 1.79. The number of fused-ring (bicyclic) bond motifs is 1. The summed E-state index contributed by atoms with van der Waals surface area (Å²) in [6.45, 7) is 5.28. The van der Waals surface area contributed by atoms with Crippen molar-refractivity contribution in [1.29, 1.82) is 0 Å². The normalized spacial score (nSPS) is 15.7. The van der Waals surface area contributed by atoms with Gasteiger partial charge in [0.1, 0.15) is 5.75 Å². The fourth-order valence-corrected chi connectivity index (χ4v) is 2.98. The molecule has 1 heterocycles. The monoisotopic (exact) mass is 267 g/mol. The lowest BCUT2D eigenvalue weighted by Crippen LogP contribution is -2.23. The molecule has 0 spiro atoms. The molecule has 2 aromatic carbocycles. The van der Waals surface area contributed by atoms with E-state index in [0.29, 0.717) is 5.75 Å². The van der Waals surface area contributed by atoms with Crippen molar-refractivity contribution in [1.82, 2.24) is 4.90 Å². The van der Waals surface area contributed by atoms with E-state index in [0.717, 1.165) is 32.5 Å². The maximum atomic E-state index is 9.60. The molecule has 0 aromatic heterocycles. The first-order valence-electron chi connectivity index (χ1n) is 7.30. The predicted molar refractivity (Wildman–Crippen MR) is 81.7 cm³/mol. The van der Waals surface area contributed by atoms with Gasteiger partial charge in [-0.3, -0.25) is 4.90 Å². The summed E-state index contributed by atoms with van der Waals surface area (Å²) in [4.78, 5) is 2.51. The molecule has 0 unspecified atom stereocenters. The van der Waals surface area contributed by atoms with Crippen molar-refractivity contribution in [2.75, 3.05) is 6.54 Å². The van der Waals surface area contributed by atoms with Gasteiger partial charge in [0.05, 0.1) is 0 Å². The number of rotatable bonds is 2. The third kappa shape index (κ3) is 2.86. The number of aromatic hydroxyl groups is 1. The summed E-state index contributed by atoms with van der Waals surface area (Å²) in [5, 5.41) is 9.60. The highest BCUT2D eigenvalue weighted by Crippen LogP contribution is 2.24. The first-order chi connectivity index (χ1) is 9.72. The van der Waals surface area contributed by atoms with Crippen LogP contribution in [0.1, 0.15) is 28.7 Å². The second-order valence-electron chi connectivity index (χ2n) is 5.69. The molecular formula is C18H21NO. The molecule has 20 heavy (non-hydrogen) atoms. The van der Waals surface area contributed by atoms with Gasteiger partial charge in [-0.2, -0.15) is 0 Å². The molecule has 1 aliphatic rings. The van der Waals surface area contributed by atoms with Gasteiger partial charge in [0, 0.05) is 13.1 Å². The molecule has 0 atom stereocenters. The Morgan fingerprint density at radius 2 is 1.95 bits per heavy atom. The largest absolute Gasteiger partial charge is 0.508 e. The Kier molecular flexibility index (Phi) is 3.75. The van der Waals surface area contributed by atoms with Crippen molar-refractivity contribution in [2.24, 2.45) is 0 Å². The first kappa shape index (κ1) is 13.2. The average Bonchev–Trinajstić information content (AvgIpc) is 2.63. The van der Waals surface area contributed by atoms with Crippen molar-refractivity contribution in [2.45, 2.75) is 32.9 Å². The molecule has 0 saturated heterocycles. The molecule has 0 fully saturated rings. The van der Waals surface area contributed by atoms with Crippen LogP contribution in [0.25, 0.3) is 0 Å². The van der Waals surface area contributed by atoms with Crippen LogP contribution in [-0.4, -0.2) is 16.6 Å². The van der Waals surface area contributed by atoms with Crippen LogP contribution in [0.2, 0.25) is 0 Å². The van der Waals surface area contributed by atoms with Crippen LogP contribution >= 0.6 is 0 Å². The summed E-state index contributed by atoms with van der Waals surface area (Å²) in [5.41, 5.74) is 5.43. The van der Waals surface area contributed by atoms with E-state index in [4.69, 9.17) is 0 Å². The number of hydrogen-bond donors (Lipinski definition) is 1. The Morgan fingerprint density at radius 3 is 2.80 bits per heavy atom. The van der Waals surface area contributed by atoms with E-state index in [1.54, 1.807) is 6.07 Å². The Morgan fingerprint density at radius 1 is 1.10 bits per heavy atom. The highest BCUT2D eigenvalue weighted by molar-refractivity contribution is 5.35. The van der Waals surface area contributed by atoms with E-state index in [1.807, 2.05) is 6.07 Å². The third-order valence-electron chi connectivity index (χ3n) is 4.16. The molecule has 2 heteroatoms. The zero-order chi connectivity index (χ0) is 13.9. The molecular weight excluding hydrogens is 246 g/mol. The van der Waals surface area contributed by atoms with Gasteiger partial charge in [-0.1, -0.05) is 30.3 Å². The Hall–Kier alpha value is -1.80. The number of aryl methyl sites for hydroxylation is 2. The number of phenolic OH excluding ortho intramolecular Hbond substituents is 1. The van der Waals surface area contributed by atoms with Crippen LogP contribution in [0.5, 0.6) is 5.75 Å². The second-order valence-corrected chi connectivity index (χ2v) is 5.69. The maximum Gasteiger partial charge on any atom is 0.115 e. The topological polar surface area (TPSA) is 23.5 Å². The number of nitrogens with zero attached hydrogens (tertiary/aromatic N) is 1. The maximum absolute atomic E-state index is 9.60. The SMILES string of the molecule is Cc1ccccc1CN1CCCc2cc(O)ccc2C1. The van der Waals surface area contributed by atoms with Crippen molar-refractivity contribution in [3.8, 4) is 5.75 Å². The molecule has 0 radical (unpaired) electrons. The zero-order valence-electron chi connectivity index (χ0n) is 12.0. The van der Waals surface area contributed by atoms with Gasteiger partial charge in [-0.25, -0.2) is 0 Å². The lowest BCUT2D eigenvalue weighted by molar-refractivity contribution is 0.260. The third-order valence-corrected chi connectivity index (χ3v) is 4.16. The smallest absolute Gasteiger partial charge is 0.115 e.